The van der Waals surface area contributed by atoms with Gasteiger partial charge in [0.15, 0.2) is 5.95 Å². The summed E-state index contributed by atoms with van der Waals surface area (Å²) < 4.78 is 1.95. The normalized spacial score (nSPS) is 10.4. The van der Waals surface area contributed by atoms with Crippen molar-refractivity contribution in [1.82, 2.24) is 9.55 Å². The van der Waals surface area contributed by atoms with Gasteiger partial charge in [0.25, 0.3) is 0 Å². The maximum Gasteiger partial charge on any atom is 0.200 e. The van der Waals surface area contributed by atoms with Gasteiger partial charge >= 0.3 is 0 Å². The van der Waals surface area contributed by atoms with Gasteiger partial charge in [-0.05, 0) is 12.1 Å². The van der Waals surface area contributed by atoms with Crippen LogP contribution in [0, 0.1) is 0 Å². The van der Waals surface area contributed by atoms with Crippen LogP contribution in [-0.2, 0) is 6.54 Å². The van der Waals surface area contributed by atoms with E-state index in [2.05, 4.69) is 17.1 Å². The van der Waals surface area contributed by atoms with Crippen LogP contribution < -0.4 is 5.73 Å². The van der Waals surface area contributed by atoms with Gasteiger partial charge < -0.3 is 10.3 Å². The second kappa shape index (κ2) is 4.89. The summed E-state index contributed by atoms with van der Waals surface area (Å²) in [6.45, 7) is 0.894. The maximum absolute atomic E-state index is 5.66. The van der Waals surface area contributed by atoms with Crippen LogP contribution in [0.1, 0.15) is 0 Å². The van der Waals surface area contributed by atoms with Gasteiger partial charge in [0.1, 0.15) is 0 Å². The van der Waals surface area contributed by atoms with Crippen LogP contribution in [0.2, 0.25) is 0 Å². The summed E-state index contributed by atoms with van der Waals surface area (Å²) in [6.07, 6.45) is 3.63. The van der Waals surface area contributed by atoms with Gasteiger partial charge in [-0.2, -0.15) is 0 Å². The molecule has 0 unspecified atom stereocenters. The molecule has 0 atom stereocenters. The molecule has 0 aliphatic heterocycles. The number of hydrogen-bond acceptors (Lipinski definition) is 3. The summed E-state index contributed by atoms with van der Waals surface area (Å²) in [5.41, 5.74) is 5.66. The predicted molar refractivity (Wildman–Crippen MR) is 63.8 cm³/mol. The number of rotatable bonds is 4. The Morgan fingerprint density at radius 1 is 1.27 bits per heavy atom. The van der Waals surface area contributed by atoms with Crippen molar-refractivity contribution in [3.8, 4) is 0 Å². The Morgan fingerprint density at radius 2 is 2.07 bits per heavy atom. The molecule has 1 heterocycles. The van der Waals surface area contributed by atoms with E-state index in [0.29, 0.717) is 5.95 Å². The molecule has 15 heavy (non-hydrogen) atoms. The van der Waals surface area contributed by atoms with Crippen molar-refractivity contribution in [3.63, 3.8) is 0 Å². The molecule has 0 saturated carbocycles. The number of nitrogens with two attached hydrogens (primary N) is 1. The first-order chi connectivity index (χ1) is 7.36. The third kappa shape index (κ3) is 2.76. The van der Waals surface area contributed by atoms with Gasteiger partial charge in [0.05, 0.1) is 0 Å². The Morgan fingerprint density at radius 3 is 2.73 bits per heavy atom. The summed E-state index contributed by atoms with van der Waals surface area (Å²) in [5.74, 6) is 1.59. The van der Waals surface area contributed by atoms with E-state index >= 15 is 0 Å². The topological polar surface area (TPSA) is 43.8 Å². The molecule has 0 bridgehead atoms. The average Bonchev–Trinajstić information content (AvgIpc) is 2.66. The molecule has 0 spiro atoms. The van der Waals surface area contributed by atoms with E-state index in [1.54, 1.807) is 6.20 Å². The van der Waals surface area contributed by atoms with E-state index in [9.17, 15) is 0 Å². The summed E-state index contributed by atoms with van der Waals surface area (Å²) >= 11 is 1.82. The minimum atomic E-state index is 0.587. The number of aromatic nitrogens is 2. The van der Waals surface area contributed by atoms with Crippen LogP contribution in [0.25, 0.3) is 0 Å². The van der Waals surface area contributed by atoms with Gasteiger partial charge in [-0.1, -0.05) is 18.2 Å². The maximum atomic E-state index is 5.66. The van der Waals surface area contributed by atoms with Crippen molar-refractivity contribution in [2.45, 2.75) is 11.4 Å². The average molecular weight is 219 g/mol. The third-order valence-corrected chi connectivity index (χ3v) is 3.08. The molecule has 0 aliphatic carbocycles. The minimum Gasteiger partial charge on any atom is -0.369 e. The zero-order valence-corrected chi connectivity index (χ0v) is 9.15. The smallest absolute Gasteiger partial charge is 0.200 e. The summed E-state index contributed by atoms with van der Waals surface area (Å²) in [7, 11) is 0. The first kappa shape index (κ1) is 10.1. The summed E-state index contributed by atoms with van der Waals surface area (Å²) in [5, 5.41) is 0. The summed E-state index contributed by atoms with van der Waals surface area (Å²) in [4.78, 5) is 5.26. The number of thioether (sulfide) groups is 1. The van der Waals surface area contributed by atoms with Crippen LogP contribution in [0.3, 0.4) is 0 Å². The monoisotopic (exact) mass is 219 g/mol. The Kier molecular flexibility index (Phi) is 3.29. The lowest BCUT2D eigenvalue weighted by atomic mass is 10.4. The summed E-state index contributed by atoms with van der Waals surface area (Å²) in [6, 6.07) is 10.4. The zero-order chi connectivity index (χ0) is 10.5. The Balaban J connectivity index is 1.83. The predicted octanol–water partition coefficient (Wildman–Crippen LogP) is 2.26. The van der Waals surface area contributed by atoms with Crippen LogP contribution in [0.15, 0.2) is 47.6 Å². The Bertz CT molecular complexity index is 411. The van der Waals surface area contributed by atoms with Crippen molar-refractivity contribution in [2.75, 3.05) is 11.5 Å². The molecule has 3 nitrogen and oxygen atoms in total. The van der Waals surface area contributed by atoms with E-state index in [1.807, 2.05) is 40.7 Å². The number of aryl methyl sites for hydroxylation is 1. The highest BCUT2D eigenvalue weighted by Crippen LogP contribution is 2.17. The Hall–Kier alpha value is -1.42. The molecule has 1 aromatic carbocycles. The third-order valence-electron chi connectivity index (χ3n) is 2.09. The van der Waals surface area contributed by atoms with Crippen molar-refractivity contribution in [3.05, 3.63) is 42.7 Å². The Labute approximate surface area is 93.3 Å². The quantitative estimate of drug-likeness (QED) is 0.802. The lowest BCUT2D eigenvalue weighted by Gasteiger charge is -2.04. The van der Waals surface area contributed by atoms with E-state index in [4.69, 9.17) is 5.73 Å². The van der Waals surface area contributed by atoms with E-state index < -0.39 is 0 Å². The molecule has 2 aromatic rings. The van der Waals surface area contributed by atoms with Crippen molar-refractivity contribution < 1.29 is 0 Å². The highest BCUT2D eigenvalue weighted by Gasteiger charge is 1.97. The molecule has 2 N–H and O–H groups in total. The molecule has 2 rings (SSSR count). The SMILES string of the molecule is Nc1nccn1CCSc1ccccc1. The van der Waals surface area contributed by atoms with Crippen molar-refractivity contribution >= 4 is 17.7 Å². The molecule has 0 aliphatic rings. The molecular weight excluding hydrogens is 206 g/mol. The number of nitrogen functional groups attached to an aromatic ring is 1. The van der Waals surface area contributed by atoms with Gasteiger partial charge in [0.2, 0.25) is 0 Å². The molecule has 78 valence electrons. The zero-order valence-electron chi connectivity index (χ0n) is 8.34. The van der Waals surface area contributed by atoms with Gasteiger partial charge in [-0.25, -0.2) is 4.98 Å². The van der Waals surface area contributed by atoms with E-state index in [-0.39, 0.29) is 0 Å². The lowest BCUT2D eigenvalue weighted by Crippen LogP contribution is -2.03. The van der Waals surface area contributed by atoms with Crippen LogP contribution in [-0.4, -0.2) is 15.3 Å². The van der Waals surface area contributed by atoms with E-state index in [1.165, 1.54) is 4.90 Å². The van der Waals surface area contributed by atoms with Crippen LogP contribution in [0.4, 0.5) is 5.95 Å². The first-order valence-corrected chi connectivity index (χ1v) is 5.79. The minimum absolute atomic E-state index is 0.587. The molecule has 0 fully saturated rings. The highest BCUT2D eigenvalue weighted by molar-refractivity contribution is 7.99. The number of imidazole rings is 1. The number of nitrogens with zero attached hydrogens (tertiary/aromatic N) is 2. The first-order valence-electron chi connectivity index (χ1n) is 4.81. The van der Waals surface area contributed by atoms with E-state index in [0.717, 1.165) is 12.3 Å². The number of benzene rings is 1. The second-order valence-electron chi connectivity index (χ2n) is 3.14. The lowest BCUT2D eigenvalue weighted by molar-refractivity contribution is 0.783. The van der Waals surface area contributed by atoms with Crippen LogP contribution in [0.5, 0.6) is 0 Å². The molecule has 1 aromatic heterocycles. The molecule has 4 heteroatoms. The second-order valence-corrected chi connectivity index (χ2v) is 4.31. The fourth-order valence-corrected chi connectivity index (χ4v) is 2.18. The molecular formula is C11H13N3S. The molecule has 0 saturated heterocycles. The van der Waals surface area contributed by atoms with Gasteiger partial charge in [0, 0.05) is 29.6 Å². The van der Waals surface area contributed by atoms with Gasteiger partial charge in [-0.15, -0.1) is 11.8 Å². The van der Waals surface area contributed by atoms with Gasteiger partial charge in [-0.3, -0.25) is 0 Å². The molecule has 0 radical (unpaired) electrons. The van der Waals surface area contributed by atoms with Crippen molar-refractivity contribution in [1.29, 1.82) is 0 Å². The fraction of sp³-hybridized carbons (Fsp3) is 0.182. The van der Waals surface area contributed by atoms with Crippen LogP contribution >= 0.6 is 11.8 Å². The largest absolute Gasteiger partial charge is 0.369 e. The number of hydrogen-bond donors (Lipinski definition) is 1. The highest BCUT2D eigenvalue weighted by atomic mass is 32.2. The fourth-order valence-electron chi connectivity index (χ4n) is 1.31. The van der Waals surface area contributed by atoms with Crippen molar-refractivity contribution in [2.24, 2.45) is 0 Å². The standard InChI is InChI=1S/C11H13N3S/c12-11-13-6-7-14(11)8-9-15-10-4-2-1-3-5-10/h1-7H,8-9H2,(H2,12,13). The molecule has 0 amide bonds. The number of anilines is 1.